The Kier molecular flexibility index (Phi) is 3.48. The average molecular weight is 240 g/mol. The molecule has 0 aromatic heterocycles. The fourth-order valence-corrected chi connectivity index (χ4v) is 2.62. The Labute approximate surface area is 101 Å². The molecule has 94 valence electrons. The van der Waals surface area contributed by atoms with E-state index in [4.69, 9.17) is 4.74 Å². The van der Waals surface area contributed by atoms with E-state index in [2.05, 4.69) is 6.92 Å². The van der Waals surface area contributed by atoms with Crippen LogP contribution in [0.3, 0.4) is 0 Å². The summed E-state index contributed by atoms with van der Waals surface area (Å²) < 4.78 is 31.8. The highest BCUT2D eigenvalue weighted by molar-refractivity contribution is 5.25. The molecule has 0 amide bonds. The molecule has 0 N–H and O–H groups in total. The minimum Gasteiger partial charge on any atom is -0.374 e. The zero-order valence-electron chi connectivity index (χ0n) is 10.3. The van der Waals surface area contributed by atoms with Gasteiger partial charge >= 0.3 is 0 Å². The van der Waals surface area contributed by atoms with Crippen LogP contribution in [0.15, 0.2) is 18.2 Å². The van der Waals surface area contributed by atoms with Gasteiger partial charge in [-0.2, -0.15) is 0 Å². The molecule has 1 aromatic carbocycles. The van der Waals surface area contributed by atoms with Gasteiger partial charge in [0.2, 0.25) is 0 Å². The molecule has 1 aromatic rings. The first-order chi connectivity index (χ1) is 8.07. The van der Waals surface area contributed by atoms with Crippen molar-refractivity contribution < 1.29 is 13.5 Å². The van der Waals surface area contributed by atoms with Crippen molar-refractivity contribution in [3.63, 3.8) is 0 Å². The van der Waals surface area contributed by atoms with Gasteiger partial charge in [-0.3, -0.25) is 0 Å². The molecule has 1 fully saturated rings. The van der Waals surface area contributed by atoms with E-state index in [9.17, 15) is 8.78 Å². The normalized spacial score (nSPS) is 29.3. The van der Waals surface area contributed by atoms with E-state index in [0.717, 1.165) is 31.2 Å². The van der Waals surface area contributed by atoms with Crippen LogP contribution in [0.2, 0.25) is 0 Å². The minimum atomic E-state index is -0.802. The quantitative estimate of drug-likeness (QED) is 0.758. The summed E-state index contributed by atoms with van der Waals surface area (Å²) in [5.41, 5.74) is 0.326. The topological polar surface area (TPSA) is 9.23 Å². The van der Waals surface area contributed by atoms with Gasteiger partial charge in [-0.25, -0.2) is 8.78 Å². The summed E-state index contributed by atoms with van der Waals surface area (Å²) in [5.74, 6) is -0.912. The van der Waals surface area contributed by atoms with Crippen molar-refractivity contribution in [2.75, 3.05) is 7.11 Å². The van der Waals surface area contributed by atoms with Crippen molar-refractivity contribution in [3.05, 3.63) is 35.4 Å². The fourth-order valence-electron chi connectivity index (χ4n) is 2.62. The zero-order chi connectivity index (χ0) is 12.5. The number of benzene rings is 1. The Morgan fingerprint density at radius 2 is 1.82 bits per heavy atom. The molecule has 0 unspecified atom stereocenters. The van der Waals surface area contributed by atoms with Gasteiger partial charge in [-0.05, 0) is 49.3 Å². The van der Waals surface area contributed by atoms with Crippen LogP contribution in [0.4, 0.5) is 8.78 Å². The lowest BCUT2D eigenvalue weighted by molar-refractivity contribution is -0.0532. The number of methoxy groups -OCH3 is 1. The molecule has 0 radical (unpaired) electrons. The smallest absolute Gasteiger partial charge is 0.159 e. The van der Waals surface area contributed by atoms with Crippen LogP contribution >= 0.6 is 0 Å². The van der Waals surface area contributed by atoms with Crippen LogP contribution < -0.4 is 0 Å². The van der Waals surface area contributed by atoms with Crippen LogP contribution in [0.1, 0.15) is 38.2 Å². The van der Waals surface area contributed by atoms with E-state index in [0.29, 0.717) is 5.92 Å². The third-order valence-corrected chi connectivity index (χ3v) is 3.92. The van der Waals surface area contributed by atoms with Crippen molar-refractivity contribution in [3.8, 4) is 0 Å². The van der Waals surface area contributed by atoms with E-state index in [1.807, 2.05) is 0 Å². The molecule has 0 saturated heterocycles. The number of ether oxygens (including phenoxy) is 1. The molecule has 1 saturated carbocycles. The molecule has 3 heteroatoms. The van der Waals surface area contributed by atoms with Crippen LogP contribution in [0, 0.1) is 17.6 Å². The lowest BCUT2D eigenvalue weighted by atomic mass is 9.75. The molecule has 0 atom stereocenters. The molecule has 1 aliphatic rings. The maximum absolute atomic E-state index is 13.3. The predicted octanol–water partition coefficient (Wildman–Crippen LogP) is 4.02. The zero-order valence-corrected chi connectivity index (χ0v) is 10.3. The summed E-state index contributed by atoms with van der Waals surface area (Å²) in [6.07, 6.45) is 3.87. The summed E-state index contributed by atoms with van der Waals surface area (Å²) >= 11 is 0. The SMILES string of the molecule is CO[C@]1(c2ccc(F)c(F)c2)CC[C@H](C)CC1. The molecule has 17 heavy (non-hydrogen) atoms. The first kappa shape index (κ1) is 12.5. The molecule has 0 aliphatic heterocycles. The van der Waals surface area contributed by atoms with Crippen LogP contribution in [-0.2, 0) is 10.3 Å². The van der Waals surface area contributed by atoms with Crippen molar-refractivity contribution >= 4 is 0 Å². The highest BCUT2D eigenvalue weighted by Gasteiger charge is 2.36. The predicted molar refractivity (Wildman–Crippen MR) is 62.7 cm³/mol. The Morgan fingerprint density at radius 1 is 1.18 bits per heavy atom. The largest absolute Gasteiger partial charge is 0.374 e. The molecular formula is C14H18F2O. The summed E-state index contributed by atoms with van der Waals surface area (Å²) in [6.45, 7) is 2.21. The van der Waals surface area contributed by atoms with E-state index in [-0.39, 0.29) is 0 Å². The maximum Gasteiger partial charge on any atom is 0.159 e. The maximum atomic E-state index is 13.3. The van der Waals surface area contributed by atoms with Gasteiger partial charge in [0.15, 0.2) is 11.6 Å². The number of hydrogen-bond acceptors (Lipinski definition) is 1. The Hall–Kier alpha value is -0.960. The molecular weight excluding hydrogens is 222 g/mol. The molecule has 0 spiro atoms. The van der Waals surface area contributed by atoms with E-state index in [1.54, 1.807) is 13.2 Å². The molecule has 0 bridgehead atoms. The highest BCUT2D eigenvalue weighted by Crippen LogP contribution is 2.42. The second kappa shape index (κ2) is 4.73. The third-order valence-electron chi connectivity index (χ3n) is 3.92. The number of rotatable bonds is 2. The first-order valence-corrected chi connectivity index (χ1v) is 6.08. The Bertz CT molecular complexity index is 395. The van der Waals surface area contributed by atoms with Crippen molar-refractivity contribution in [1.82, 2.24) is 0 Å². The van der Waals surface area contributed by atoms with Gasteiger partial charge < -0.3 is 4.74 Å². The number of halogens is 2. The van der Waals surface area contributed by atoms with Crippen molar-refractivity contribution in [1.29, 1.82) is 0 Å². The molecule has 0 heterocycles. The van der Waals surface area contributed by atoms with E-state index < -0.39 is 17.2 Å². The molecule has 1 aliphatic carbocycles. The van der Waals surface area contributed by atoms with Crippen LogP contribution in [-0.4, -0.2) is 7.11 Å². The minimum absolute atomic E-state index is 0.430. The third kappa shape index (κ3) is 2.34. The Balaban J connectivity index is 2.31. The summed E-state index contributed by atoms with van der Waals surface area (Å²) in [6, 6.07) is 4.09. The van der Waals surface area contributed by atoms with Gasteiger partial charge in [-0.1, -0.05) is 13.0 Å². The van der Waals surface area contributed by atoms with Crippen LogP contribution in [0.5, 0.6) is 0 Å². The standard InChI is InChI=1S/C14H18F2O/c1-10-5-7-14(17-2,8-6-10)11-3-4-12(15)13(16)9-11/h3-4,9-10H,5-8H2,1-2H3/t10-,14+. The second-order valence-electron chi connectivity index (χ2n) is 5.01. The van der Waals surface area contributed by atoms with Gasteiger partial charge in [0.25, 0.3) is 0 Å². The van der Waals surface area contributed by atoms with E-state index >= 15 is 0 Å². The first-order valence-electron chi connectivity index (χ1n) is 6.08. The molecule has 2 rings (SSSR count). The van der Waals surface area contributed by atoms with Gasteiger partial charge in [0.05, 0.1) is 5.60 Å². The lowest BCUT2D eigenvalue weighted by Crippen LogP contribution is -2.33. The van der Waals surface area contributed by atoms with Crippen molar-refractivity contribution in [2.24, 2.45) is 5.92 Å². The monoisotopic (exact) mass is 240 g/mol. The summed E-state index contributed by atoms with van der Waals surface area (Å²) in [7, 11) is 1.65. The fraction of sp³-hybridized carbons (Fsp3) is 0.571. The van der Waals surface area contributed by atoms with Crippen LogP contribution in [0.25, 0.3) is 0 Å². The summed E-state index contributed by atoms with van der Waals surface area (Å²) in [4.78, 5) is 0. The second-order valence-corrected chi connectivity index (χ2v) is 5.01. The van der Waals surface area contributed by atoms with Gasteiger partial charge in [0.1, 0.15) is 0 Å². The molecule has 1 nitrogen and oxygen atoms in total. The summed E-state index contributed by atoms with van der Waals surface area (Å²) in [5, 5.41) is 0. The average Bonchev–Trinajstić information content (AvgIpc) is 2.34. The van der Waals surface area contributed by atoms with E-state index in [1.165, 1.54) is 12.1 Å². The van der Waals surface area contributed by atoms with Gasteiger partial charge in [0, 0.05) is 7.11 Å². The Morgan fingerprint density at radius 3 is 2.35 bits per heavy atom. The lowest BCUT2D eigenvalue weighted by Gasteiger charge is -2.38. The van der Waals surface area contributed by atoms with Crippen molar-refractivity contribution in [2.45, 2.75) is 38.2 Å². The highest BCUT2D eigenvalue weighted by atomic mass is 19.2. The number of hydrogen-bond donors (Lipinski definition) is 0. The van der Waals surface area contributed by atoms with Gasteiger partial charge in [-0.15, -0.1) is 0 Å².